The predicted molar refractivity (Wildman–Crippen MR) is 123 cm³/mol. The quantitative estimate of drug-likeness (QED) is 0.373. The molecule has 0 heterocycles. The molecule has 1 amide bonds. The van der Waals surface area contributed by atoms with Crippen LogP contribution in [0.5, 0.6) is 11.5 Å². The molecule has 0 saturated heterocycles. The van der Waals surface area contributed by atoms with Crippen LogP contribution in [0.25, 0.3) is 0 Å². The zero-order valence-corrected chi connectivity index (χ0v) is 19.0. The van der Waals surface area contributed by atoms with E-state index in [9.17, 15) is 13.2 Å². The third-order valence-electron chi connectivity index (χ3n) is 4.13. The number of hydrogen-bond donors (Lipinski definition) is 1. The zero-order chi connectivity index (χ0) is 22.3. The summed E-state index contributed by atoms with van der Waals surface area (Å²) in [6.07, 6.45) is 1.46. The number of halogens is 1. The van der Waals surface area contributed by atoms with Crippen LogP contribution >= 0.6 is 15.9 Å². The Hall–Kier alpha value is -3.01. The van der Waals surface area contributed by atoms with E-state index in [1.165, 1.54) is 25.4 Å². The topological polar surface area (TPSA) is 88.1 Å². The number of hydrazone groups is 1. The standard InChI is InChI=1S/C22H20BrN3O4S/c1-26(31(28,29)21-12-10-18(23)11-13-21)16-22(27)25-24-15-17-6-5-9-20(14-17)30-19-7-3-2-4-8-19/h2-15H,16H2,1H3,(H,25,27)/b24-15-. The van der Waals surface area contributed by atoms with E-state index < -0.39 is 15.9 Å². The van der Waals surface area contributed by atoms with Crippen molar-refractivity contribution in [1.82, 2.24) is 9.73 Å². The lowest BCUT2D eigenvalue weighted by Crippen LogP contribution is -2.36. The number of nitrogens with one attached hydrogen (secondary N) is 1. The third kappa shape index (κ3) is 6.48. The van der Waals surface area contributed by atoms with Crippen molar-refractivity contribution in [3.8, 4) is 11.5 Å². The van der Waals surface area contributed by atoms with Crippen molar-refractivity contribution in [2.45, 2.75) is 4.90 Å². The van der Waals surface area contributed by atoms with Gasteiger partial charge < -0.3 is 4.74 Å². The summed E-state index contributed by atoms with van der Waals surface area (Å²) in [7, 11) is -2.44. The largest absolute Gasteiger partial charge is 0.457 e. The van der Waals surface area contributed by atoms with Gasteiger partial charge in [-0.1, -0.05) is 46.3 Å². The highest BCUT2D eigenvalue weighted by Crippen LogP contribution is 2.21. The number of rotatable bonds is 8. The van der Waals surface area contributed by atoms with Gasteiger partial charge in [-0.3, -0.25) is 4.79 Å². The summed E-state index contributed by atoms with van der Waals surface area (Å²) in [6, 6.07) is 22.7. The van der Waals surface area contributed by atoms with Crippen LogP contribution in [0, 0.1) is 0 Å². The van der Waals surface area contributed by atoms with Crippen molar-refractivity contribution in [2.24, 2.45) is 5.10 Å². The second kappa shape index (κ2) is 10.3. The highest BCUT2D eigenvalue weighted by Gasteiger charge is 2.22. The van der Waals surface area contributed by atoms with Crippen molar-refractivity contribution in [3.63, 3.8) is 0 Å². The highest BCUT2D eigenvalue weighted by molar-refractivity contribution is 9.10. The van der Waals surface area contributed by atoms with E-state index in [-0.39, 0.29) is 11.4 Å². The molecule has 0 fully saturated rings. The molecule has 0 radical (unpaired) electrons. The minimum atomic E-state index is -3.78. The average Bonchev–Trinajstić information content (AvgIpc) is 2.75. The summed E-state index contributed by atoms with van der Waals surface area (Å²) < 4.78 is 32.6. The second-order valence-electron chi connectivity index (χ2n) is 6.50. The number of amides is 1. The van der Waals surface area contributed by atoms with Gasteiger partial charge in [-0.25, -0.2) is 13.8 Å². The number of carbonyl (C=O) groups is 1. The Morgan fingerprint density at radius 2 is 1.71 bits per heavy atom. The van der Waals surface area contributed by atoms with Crippen LogP contribution < -0.4 is 10.2 Å². The summed E-state index contributed by atoms with van der Waals surface area (Å²) in [5.41, 5.74) is 3.05. The Morgan fingerprint density at radius 3 is 2.42 bits per heavy atom. The maximum atomic E-state index is 12.5. The van der Waals surface area contributed by atoms with Gasteiger partial charge in [0.2, 0.25) is 10.0 Å². The van der Waals surface area contributed by atoms with Crippen molar-refractivity contribution in [3.05, 3.63) is 88.9 Å². The van der Waals surface area contributed by atoms with Crippen molar-refractivity contribution in [2.75, 3.05) is 13.6 Å². The molecule has 160 valence electrons. The fourth-order valence-corrected chi connectivity index (χ4v) is 3.96. The van der Waals surface area contributed by atoms with Gasteiger partial charge in [0.1, 0.15) is 11.5 Å². The Morgan fingerprint density at radius 1 is 1.03 bits per heavy atom. The van der Waals surface area contributed by atoms with Gasteiger partial charge in [-0.05, 0) is 54.1 Å². The first kappa shape index (κ1) is 22.7. The fraction of sp³-hybridized carbons (Fsp3) is 0.0909. The van der Waals surface area contributed by atoms with Crippen molar-refractivity contribution >= 4 is 38.1 Å². The Bertz CT molecular complexity index is 1170. The molecule has 0 atom stereocenters. The molecule has 0 spiro atoms. The number of ether oxygens (including phenoxy) is 1. The number of para-hydroxylation sites is 1. The van der Waals surface area contributed by atoms with E-state index in [2.05, 4.69) is 26.5 Å². The molecule has 0 saturated carbocycles. The van der Waals surface area contributed by atoms with Gasteiger partial charge in [-0.2, -0.15) is 9.41 Å². The summed E-state index contributed by atoms with van der Waals surface area (Å²) >= 11 is 3.26. The van der Waals surface area contributed by atoms with Crippen LogP contribution in [0.4, 0.5) is 0 Å². The zero-order valence-electron chi connectivity index (χ0n) is 16.6. The van der Waals surface area contributed by atoms with Gasteiger partial charge >= 0.3 is 0 Å². The van der Waals surface area contributed by atoms with Gasteiger partial charge in [0.25, 0.3) is 5.91 Å². The lowest BCUT2D eigenvalue weighted by Gasteiger charge is -2.16. The SMILES string of the molecule is CN(CC(=O)N/N=C\c1cccc(Oc2ccccc2)c1)S(=O)(=O)c1ccc(Br)cc1. The lowest BCUT2D eigenvalue weighted by atomic mass is 10.2. The van der Waals surface area contributed by atoms with Crippen LogP contribution in [0.15, 0.2) is 93.3 Å². The molecule has 7 nitrogen and oxygen atoms in total. The molecule has 3 rings (SSSR count). The van der Waals surface area contributed by atoms with Gasteiger partial charge in [0.05, 0.1) is 17.7 Å². The van der Waals surface area contributed by atoms with Crippen LogP contribution in [-0.4, -0.2) is 38.4 Å². The molecule has 9 heteroatoms. The summed E-state index contributed by atoms with van der Waals surface area (Å²) in [4.78, 5) is 12.2. The summed E-state index contributed by atoms with van der Waals surface area (Å²) in [5, 5.41) is 3.90. The maximum absolute atomic E-state index is 12.5. The molecule has 0 aromatic heterocycles. The number of benzene rings is 3. The maximum Gasteiger partial charge on any atom is 0.255 e. The van der Waals surface area contributed by atoms with Crippen LogP contribution in [0.2, 0.25) is 0 Å². The second-order valence-corrected chi connectivity index (χ2v) is 9.46. The Kier molecular flexibility index (Phi) is 7.56. The molecule has 0 aliphatic carbocycles. The number of sulfonamides is 1. The van der Waals surface area contributed by atoms with Gasteiger partial charge in [-0.15, -0.1) is 0 Å². The molecule has 3 aromatic carbocycles. The van der Waals surface area contributed by atoms with E-state index in [1.807, 2.05) is 36.4 Å². The third-order valence-corrected chi connectivity index (χ3v) is 6.47. The number of likely N-dealkylation sites (N-methyl/N-ethyl adjacent to an activating group) is 1. The molecular formula is C22H20BrN3O4S. The molecule has 0 aliphatic heterocycles. The Labute approximate surface area is 189 Å². The van der Waals surface area contributed by atoms with E-state index in [0.29, 0.717) is 17.1 Å². The van der Waals surface area contributed by atoms with Crippen molar-refractivity contribution in [1.29, 1.82) is 0 Å². The molecule has 3 aromatic rings. The molecule has 0 bridgehead atoms. The Balaban J connectivity index is 1.56. The molecule has 0 aliphatic rings. The van der Waals surface area contributed by atoms with E-state index >= 15 is 0 Å². The minimum absolute atomic E-state index is 0.102. The van der Waals surface area contributed by atoms with Gasteiger partial charge in [0, 0.05) is 11.5 Å². The normalized spacial score (nSPS) is 11.6. The lowest BCUT2D eigenvalue weighted by molar-refractivity contribution is -0.121. The van der Waals surface area contributed by atoms with E-state index in [0.717, 1.165) is 8.78 Å². The molecule has 0 unspecified atom stereocenters. The minimum Gasteiger partial charge on any atom is -0.457 e. The van der Waals surface area contributed by atoms with Crippen molar-refractivity contribution < 1.29 is 17.9 Å². The smallest absolute Gasteiger partial charge is 0.255 e. The molecule has 31 heavy (non-hydrogen) atoms. The fourth-order valence-electron chi connectivity index (χ4n) is 2.57. The first-order valence-electron chi connectivity index (χ1n) is 9.21. The summed E-state index contributed by atoms with van der Waals surface area (Å²) in [6.45, 7) is -0.368. The van der Waals surface area contributed by atoms with E-state index in [1.54, 1.807) is 30.3 Å². The van der Waals surface area contributed by atoms with Crippen LogP contribution in [0.1, 0.15) is 5.56 Å². The number of nitrogens with zero attached hydrogens (tertiary/aromatic N) is 2. The van der Waals surface area contributed by atoms with Crippen LogP contribution in [-0.2, 0) is 14.8 Å². The van der Waals surface area contributed by atoms with Gasteiger partial charge in [0.15, 0.2) is 0 Å². The molecular weight excluding hydrogens is 482 g/mol. The monoisotopic (exact) mass is 501 g/mol. The first-order valence-corrected chi connectivity index (χ1v) is 11.4. The highest BCUT2D eigenvalue weighted by atomic mass is 79.9. The first-order chi connectivity index (χ1) is 14.8. The molecule has 1 N–H and O–H groups in total. The average molecular weight is 502 g/mol. The summed E-state index contributed by atoms with van der Waals surface area (Å²) in [5.74, 6) is 0.776. The van der Waals surface area contributed by atoms with Crippen LogP contribution in [0.3, 0.4) is 0 Å². The number of carbonyl (C=O) groups excluding carboxylic acids is 1. The predicted octanol–water partition coefficient (Wildman–Crippen LogP) is 4.01. The number of hydrogen-bond acceptors (Lipinski definition) is 5. The van der Waals surface area contributed by atoms with E-state index in [4.69, 9.17) is 4.74 Å².